The Bertz CT molecular complexity index is 450. The number of aromatic nitrogens is 2. The van der Waals surface area contributed by atoms with Crippen LogP contribution in [0.25, 0.3) is 11.0 Å². The Hall–Kier alpha value is -1.39. The van der Waals surface area contributed by atoms with E-state index in [0.29, 0.717) is 6.73 Å². The minimum atomic E-state index is 0.595. The van der Waals surface area contributed by atoms with Crippen molar-refractivity contribution in [3.63, 3.8) is 0 Å². The lowest BCUT2D eigenvalue weighted by Gasteiger charge is -2.08. The third-order valence-electron chi connectivity index (χ3n) is 2.50. The minimum Gasteiger partial charge on any atom is -0.340 e. The van der Waals surface area contributed by atoms with Crippen molar-refractivity contribution in [2.45, 2.75) is 6.73 Å². The molecule has 0 atom stereocenters. The summed E-state index contributed by atoms with van der Waals surface area (Å²) in [6.45, 7) is 2.29. The van der Waals surface area contributed by atoms with Crippen molar-refractivity contribution in [3.05, 3.63) is 30.6 Å². The highest BCUT2D eigenvalue weighted by Crippen LogP contribution is 2.04. The van der Waals surface area contributed by atoms with Gasteiger partial charge in [0, 0.05) is 6.54 Å². The monoisotopic (exact) mass is 220 g/mol. The van der Waals surface area contributed by atoms with Gasteiger partial charge in [0.1, 0.15) is 0 Å². The highest BCUT2D eigenvalue weighted by Gasteiger charge is 2.07. The Morgan fingerprint density at radius 1 is 1.31 bits per heavy atom. The maximum Gasteiger partial charge on any atom is 0.244 e. The van der Waals surface area contributed by atoms with E-state index in [0.717, 1.165) is 18.7 Å². The zero-order valence-electron chi connectivity index (χ0n) is 9.81. The fourth-order valence-electron chi connectivity index (χ4n) is 1.58. The fourth-order valence-corrected chi connectivity index (χ4v) is 1.58. The van der Waals surface area contributed by atoms with Crippen LogP contribution in [0.2, 0.25) is 0 Å². The van der Waals surface area contributed by atoms with Crippen LogP contribution in [0.4, 0.5) is 0 Å². The van der Waals surface area contributed by atoms with Gasteiger partial charge in [-0.3, -0.25) is 0 Å². The first kappa shape index (κ1) is 11.1. The largest absolute Gasteiger partial charge is 0.340 e. The molecule has 0 spiro atoms. The van der Waals surface area contributed by atoms with Gasteiger partial charge in [0.05, 0.1) is 6.61 Å². The molecule has 1 N–H and O–H groups in total. The number of nitrogens with one attached hydrogen (secondary N) is 1. The molecule has 0 amide bonds. The van der Waals surface area contributed by atoms with Crippen LogP contribution in [0.3, 0.4) is 0 Å². The van der Waals surface area contributed by atoms with Gasteiger partial charge < -0.3 is 9.64 Å². The van der Waals surface area contributed by atoms with Crippen LogP contribution >= 0.6 is 0 Å². The Balaban J connectivity index is 1.94. The quantitative estimate of drug-likeness (QED) is 0.602. The second-order valence-corrected chi connectivity index (χ2v) is 4.10. The summed E-state index contributed by atoms with van der Waals surface area (Å²) in [6, 6.07) is 8.20. The van der Waals surface area contributed by atoms with E-state index in [1.54, 1.807) is 0 Å². The normalized spacial score (nSPS) is 11.4. The van der Waals surface area contributed by atoms with Crippen LogP contribution in [0.15, 0.2) is 30.6 Å². The van der Waals surface area contributed by atoms with Gasteiger partial charge >= 0.3 is 0 Å². The molecular formula is C12H18N3O+. The Kier molecular flexibility index (Phi) is 3.54. The average Bonchev–Trinajstić information content (AvgIpc) is 2.68. The highest BCUT2D eigenvalue weighted by atomic mass is 16.5. The molecule has 86 valence electrons. The fraction of sp³-hybridized carbons (Fsp3) is 0.417. The minimum absolute atomic E-state index is 0.595. The zero-order valence-corrected chi connectivity index (χ0v) is 9.81. The molecule has 0 aliphatic heterocycles. The lowest BCUT2D eigenvalue weighted by atomic mass is 10.3. The molecule has 4 nitrogen and oxygen atoms in total. The van der Waals surface area contributed by atoms with Crippen molar-refractivity contribution < 1.29 is 9.30 Å². The molecule has 1 aromatic carbocycles. The number of likely N-dealkylation sites (N-methyl/N-ethyl adjacent to an activating group) is 1. The summed E-state index contributed by atoms with van der Waals surface area (Å²) >= 11 is 0. The molecule has 0 aliphatic carbocycles. The first-order valence-corrected chi connectivity index (χ1v) is 5.45. The first-order chi connectivity index (χ1) is 7.77. The van der Waals surface area contributed by atoms with E-state index in [9.17, 15) is 0 Å². The van der Waals surface area contributed by atoms with E-state index in [-0.39, 0.29) is 0 Å². The number of fused-ring (bicyclic) bond motifs is 1. The summed E-state index contributed by atoms with van der Waals surface area (Å²) in [5, 5.41) is 0. The third-order valence-corrected chi connectivity index (χ3v) is 2.50. The second kappa shape index (κ2) is 5.09. The van der Waals surface area contributed by atoms with Crippen LogP contribution in [0.5, 0.6) is 0 Å². The van der Waals surface area contributed by atoms with Gasteiger partial charge in [-0.15, -0.1) is 0 Å². The number of ether oxygens (including phenoxy) is 1. The summed E-state index contributed by atoms with van der Waals surface area (Å²) in [4.78, 5) is 5.32. The number of aromatic amines is 1. The van der Waals surface area contributed by atoms with Crippen molar-refractivity contribution in [1.82, 2.24) is 9.88 Å². The van der Waals surface area contributed by atoms with Crippen LogP contribution in [0.1, 0.15) is 0 Å². The summed E-state index contributed by atoms with van der Waals surface area (Å²) < 4.78 is 7.67. The first-order valence-electron chi connectivity index (χ1n) is 5.45. The van der Waals surface area contributed by atoms with Crippen molar-refractivity contribution in [2.24, 2.45) is 0 Å². The topological polar surface area (TPSA) is 32.1 Å². The van der Waals surface area contributed by atoms with Crippen molar-refractivity contribution in [3.8, 4) is 0 Å². The third kappa shape index (κ3) is 2.59. The van der Waals surface area contributed by atoms with Gasteiger partial charge in [0.25, 0.3) is 0 Å². The standard InChI is InChI=1S/C12H17N3O/c1-14(2)7-8-16-10-15-9-13-11-5-3-4-6-12(11)15/h3-6,9H,7-8,10H2,1-2H3/p+1. The predicted octanol–water partition coefficient (Wildman–Crippen LogP) is 0.991. The molecule has 2 rings (SSSR count). The zero-order chi connectivity index (χ0) is 11.4. The summed E-state index contributed by atoms with van der Waals surface area (Å²) in [5.74, 6) is 0. The number of H-pyrrole nitrogens is 1. The molecule has 16 heavy (non-hydrogen) atoms. The number of hydrogen-bond donors (Lipinski definition) is 1. The van der Waals surface area contributed by atoms with E-state index in [1.807, 2.05) is 32.6 Å². The molecule has 0 radical (unpaired) electrons. The number of para-hydroxylation sites is 2. The molecule has 1 heterocycles. The number of rotatable bonds is 5. The number of imidazole rings is 1. The lowest BCUT2D eigenvalue weighted by molar-refractivity contribution is -0.709. The maximum absolute atomic E-state index is 5.60. The molecule has 0 bridgehead atoms. The molecule has 0 saturated heterocycles. The van der Waals surface area contributed by atoms with E-state index < -0.39 is 0 Å². The van der Waals surface area contributed by atoms with Gasteiger partial charge in [-0.25, -0.2) is 9.55 Å². The Labute approximate surface area is 95.4 Å². The molecule has 0 aliphatic rings. The summed E-state index contributed by atoms with van der Waals surface area (Å²) in [6.07, 6.45) is 1.94. The van der Waals surface area contributed by atoms with Crippen molar-refractivity contribution >= 4 is 11.0 Å². The van der Waals surface area contributed by atoms with Crippen LogP contribution in [-0.2, 0) is 11.5 Å². The highest BCUT2D eigenvalue weighted by molar-refractivity contribution is 5.70. The smallest absolute Gasteiger partial charge is 0.244 e. The van der Waals surface area contributed by atoms with Gasteiger partial charge in [0.15, 0.2) is 17.8 Å². The van der Waals surface area contributed by atoms with Gasteiger partial charge in [-0.05, 0) is 26.2 Å². The van der Waals surface area contributed by atoms with Crippen LogP contribution in [-0.4, -0.2) is 37.1 Å². The van der Waals surface area contributed by atoms with Gasteiger partial charge in [-0.1, -0.05) is 12.1 Å². The second-order valence-electron chi connectivity index (χ2n) is 4.10. The van der Waals surface area contributed by atoms with Crippen LogP contribution in [0, 0.1) is 0 Å². The summed E-state index contributed by atoms with van der Waals surface area (Å²) in [7, 11) is 4.09. The van der Waals surface area contributed by atoms with E-state index >= 15 is 0 Å². The number of benzene rings is 1. The Morgan fingerprint density at radius 3 is 2.94 bits per heavy atom. The van der Waals surface area contributed by atoms with Crippen LogP contribution < -0.4 is 4.57 Å². The molecule has 0 saturated carbocycles. The van der Waals surface area contributed by atoms with Gasteiger partial charge in [0.2, 0.25) is 6.33 Å². The molecule has 0 fully saturated rings. The number of nitrogens with zero attached hydrogens (tertiary/aromatic N) is 2. The van der Waals surface area contributed by atoms with Crippen molar-refractivity contribution in [1.29, 1.82) is 0 Å². The summed E-state index contributed by atoms with van der Waals surface area (Å²) in [5.41, 5.74) is 2.31. The SMILES string of the molecule is CN(C)CCOC[n+]1c[nH]c2ccccc21. The van der Waals surface area contributed by atoms with Crippen molar-refractivity contribution in [2.75, 3.05) is 27.2 Å². The number of hydrogen-bond acceptors (Lipinski definition) is 2. The van der Waals surface area contributed by atoms with E-state index in [1.165, 1.54) is 5.52 Å². The molecular weight excluding hydrogens is 202 g/mol. The molecule has 4 heteroatoms. The van der Waals surface area contributed by atoms with Gasteiger partial charge in [-0.2, -0.15) is 0 Å². The lowest BCUT2D eigenvalue weighted by Crippen LogP contribution is -2.34. The predicted molar refractivity (Wildman–Crippen MR) is 63.0 cm³/mol. The maximum atomic E-state index is 5.60. The van der Waals surface area contributed by atoms with E-state index in [4.69, 9.17) is 4.74 Å². The average molecular weight is 220 g/mol. The molecule has 1 aromatic heterocycles. The molecule has 2 aromatic rings. The molecule has 0 unspecified atom stereocenters. The Morgan fingerprint density at radius 2 is 2.12 bits per heavy atom. The van der Waals surface area contributed by atoms with E-state index in [2.05, 4.69) is 26.6 Å².